The number of alkyl halides is 3. The van der Waals surface area contributed by atoms with Crippen molar-refractivity contribution in [3.63, 3.8) is 0 Å². The number of fused-ring (bicyclic) bond motifs is 1. The number of halogens is 3. The highest BCUT2D eigenvalue weighted by atomic mass is 19.4. The zero-order valence-corrected chi connectivity index (χ0v) is 14.8. The highest BCUT2D eigenvalue weighted by molar-refractivity contribution is 5.87. The third-order valence-corrected chi connectivity index (χ3v) is 3.93. The van der Waals surface area contributed by atoms with Crippen molar-refractivity contribution in [3.8, 4) is 0 Å². The second kappa shape index (κ2) is 9.17. The molecule has 2 N–H and O–H groups in total. The van der Waals surface area contributed by atoms with Crippen molar-refractivity contribution in [1.82, 2.24) is 14.8 Å². The molecule has 0 spiro atoms. The minimum absolute atomic E-state index is 0.0495. The summed E-state index contributed by atoms with van der Waals surface area (Å²) in [6.07, 6.45) is -1.16. The third-order valence-electron chi connectivity index (χ3n) is 3.93. The first kappa shape index (κ1) is 21.9. The van der Waals surface area contributed by atoms with Crippen LogP contribution in [0.25, 0.3) is 0 Å². The molecule has 1 aliphatic heterocycles. The average molecular weight is 415 g/mol. The zero-order valence-electron chi connectivity index (χ0n) is 14.8. The number of carboxylic acid groups (broad SMARTS) is 2. The molecule has 156 valence electrons. The van der Waals surface area contributed by atoms with Crippen LogP contribution in [0.15, 0.2) is 30.6 Å². The Bertz CT molecular complexity index is 897. The molecule has 0 amide bonds. The first-order valence-corrected chi connectivity index (χ1v) is 8.27. The lowest BCUT2D eigenvalue weighted by Gasteiger charge is -2.22. The van der Waals surface area contributed by atoms with Crippen LogP contribution in [0.3, 0.4) is 0 Å². The molecule has 0 aliphatic carbocycles. The van der Waals surface area contributed by atoms with Crippen LogP contribution in [0, 0.1) is 0 Å². The van der Waals surface area contributed by atoms with Crippen molar-refractivity contribution in [2.75, 3.05) is 0 Å². The summed E-state index contributed by atoms with van der Waals surface area (Å²) in [5, 5.41) is 23.9. The predicted molar refractivity (Wildman–Crippen MR) is 88.9 cm³/mol. The zero-order chi connectivity index (χ0) is 21.6. The van der Waals surface area contributed by atoms with Crippen molar-refractivity contribution in [2.45, 2.75) is 38.1 Å². The molecule has 0 saturated carbocycles. The Hall–Kier alpha value is -3.44. The molecule has 0 radical (unpaired) electrons. The Labute approximate surface area is 161 Å². The SMILES string of the molecule is O=C(O)C(F)(F)F.O=C(O)c1cccc(COC(=O)C2CCCc3nncn32)c1. The standard InChI is InChI=1S/C15H15N3O4.C2HF3O2/c19-14(20)11-4-1-3-10(7-11)8-22-15(21)12-5-2-6-13-17-16-9-18(12)13;3-2(4,5)1(6)7/h1,3-4,7,9,12H,2,5-6,8H2,(H,19,20);(H,6,7). The van der Waals surface area contributed by atoms with E-state index < -0.39 is 24.2 Å². The first-order chi connectivity index (χ1) is 13.6. The summed E-state index contributed by atoms with van der Waals surface area (Å²) in [4.78, 5) is 32.1. The van der Waals surface area contributed by atoms with Crippen molar-refractivity contribution < 1.29 is 42.5 Å². The number of nitrogens with zero attached hydrogens (tertiary/aromatic N) is 3. The van der Waals surface area contributed by atoms with Crippen LogP contribution in [-0.4, -0.2) is 49.1 Å². The van der Waals surface area contributed by atoms with E-state index in [2.05, 4.69) is 10.2 Å². The van der Waals surface area contributed by atoms with Gasteiger partial charge < -0.3 is 19.5 Å². The molecule has 0 bridgehead atoms. The van der Waals surface area contributed by atoms with Gasteiger partial charge in [-0.2, -0.15) is 13.2 Å². The number of aromatic nitrogens is 3. The Morgan fingerprint density at radius 1 is 1.24 bits per heavy atom. The number of rotatable bonds is 4. The summed E-state index contributed by atoms with van der Waals surface area (Å²) in [7, 11) is 0. The van der Waals surface area contributed by atoms with Crippen molar-refractivity contribution in [2.24, 2.45) is 0 Å². The second-order valence-electron chi connectivity index (χ2n) is 5.98. The number of carbonyl (C=O) groups excluding carboxylic acids is 1. The van der Waals surface area contributed by atoms with Gasteiger partial charge in [0.05, 0.1) is 5.56 Å². The Kier molecular flexibility index (Phi) is 6.91. The fourth-order valence-electron chi connectivity index (χ4n) is 2.57. The largest absolute Gasteiger partial charge is 0.490 e. The van der Waals surface area contributed by atoms with Gasteiger partial charge in [0, 0.05) is 6.42 Å². The summed E-state index contributed by atoms with van der Waals surface area (Å²) in [5.41, 5.74) is 0.820. The molecule has 1 aromatic carbocycles. The quantitative estimate of drug-likeness (QED) is 0.727. The Balaban J connectivity index is 0.000000370. The number of aryl methyl sites for hydroxylation is 1. The smallest absolute Gasteiger partial charge is 0.478 e. The highest BCUT2D eigenvalue weighted by Crippen LogP contribution is 2.24. The van der Waals surface area contributed by atoms with Crippen molar-refractivity contribution >= 4 is 17.9 Å². The minimum Gasteiger partial charge on any atom is -0.478 e. The van der Waals surface area contributed by atoms with E-state index in [0.717, 1.165) is 18.7 Å². The predicted octanol–water partition coefficient (Wildman–Crippen LogP) is 2.23. The van der Waals surface area contributed by atoms with Crippen molar-refractivity contribution in [1.29, 1.82) is 0 Å². The fourth-order valence-corrected chi connectivity index (χ4v) is 2.57. The van der Waals surface area contributed by atoms with Crippen LogP contribution in [0.2, 0.25) is 0 Å². The lowest BCUT2D eigenvalue weighted by atomic mass is 10.0. The number of carbonyl (C=O) groups is 3. The van der Waals surface area contributed by atoms with Crippen LogP contribution in [0.1, 0.15) is 40.6 Å². The molecule has 0 fully saturated rings. The van der Waals surface area contributed by atoms with E-state index in [9.17, 15) is 22.8 Å². The van der Waals surface area contributed by atoms with Gasteiger partial charge in [-0.25, -0.2) is 14.4 Å². The molecule has 2 aromatic rings. The van der Waals surface area contributed by atoms with Gasteiger partial charge in [0.2, 0.25) is 0 Å². The second-order valence-corrected chi connectivity index (χ2v) is 5.98. The number of hydrogen-bond acceptors (Lipinski definition) is 6. The van der Waals surface area contributed by atoms with Crippen LogP contribution in [-0.2, 0) is 27.4 Å². The molecule has 12 heteroatoms. The van der Waals surface area contributed by atoms with E-state index in [1.54, 1.807) is 23.0 Å². The summed E-state index contributed by atoms with van der Waals surface area (Å²) in [6, 6.07) is 5.95. The normalized spacial score (nSPS) is 15.5. The molecule has 1 unspecified atom stereocenters. The Morgan fingerprint density at radius 2 is 1.93 bits per heavy atom. The number of ether oxygens (including phenoxy) is 1. The van der Waals surface area contributed by atoms with Gasteiger partial charge in [0.1, 0.15) is 24.8 Å². The monoisotopic (exact) mass is 415 g/mol. The topological polar surface area (TPSA) is 132 Å². The van der Waals surface area contributed by atoms with Gasteiger partial charge in [-0.1, -0.05) is 12.1 Å². The van der Waals surface area contributed by atoms with Gasteiger partial charge in [-0.05, 0) is 30.5 Å². The van der Waals surface area contributed by atoms with Gasteiger partial charge >= 0.3 is 24.1 Å². The molecule has 1 atom stereocenters. The van der Waals surface area contributed by atoms with Crippen LogP contribution < -0.4 is 0 Å². The minimum atomic E-state index is -5.08. The van der Waals surface area contributed by atoms with Gasteiger partial charge in [0.25, 0.3) is 0 Å². The van der Waals surface area contributed by atoms with Gasteiger partial charge in [-0.15, -0.1) is 10.2 Å². The summed E-state index contributed by atoms with van der Waals surface area (Å²) in [6.45, 7) is 0.0495. The lowest BCUT2D eigenvalue weighted by Crippen LogP contribution is -2.26. The molecular weight excluding hydrogens is 399 g/mol. The van der Waals surface area contributed by atoms with Gasteiger partial charge in [-0.3, -0.25) is 0 Å². The number of esters is 1. The maximum Gasteiger partial charge on any atom is 0.490 e. The third kappa shape index (κ3) is 6.02. The van der Waals surface area contributed by atoms with E-state index >= 15 is 0 Å². The number of hydrogen-bond donors (Lipinski definition) is 2. The molecule has 2 heterocycles. The molecular formula is C17H16F3N3O6. The lowest BCUT2D eigenvalue weighted by molar-refractivity contribution is -0.192. The van der Waals surface area contributed by atoms with E-state index in [4.69, 9.17) is 19.7 Å². The van der Waals surface area contributed by atoms with Gasteiger partial charge in [0.15, 0.2) is 0 Å². The molecule has 29 heavy (non-hydrogen) atoms. The highest BCUT2D eigenvalue weighted by Gasteiger charge is 2.38. The maximum atomic E-state index is 12.2. The van der Waals surface area contributed by atoms with E-state index in [-0.39, 0.29) is 18.1 Å². The Morgan fingerprint density at radius 3 is 2.55 bits per heavy atom. The van der Waals surface area contributed by atoms with Crippen LogP contribution in [0.4, 0.5) is 13.2 Å². The average Bonchev–Trinajstić information content (AvgIpc) is 3.15. The number of carboxylic acids is 2. The number of benzene rings is 1. The summed E-state index contributed by atoms with van der Waals surface area (Å²) in [5.74, 6) is -3.32. The van der Waals surface area contributed by atoms with Crippen molar-refractivity contribution in [3.05, 3.63) is 47.5 Å². The van der Waals surface area contributed by atoms with Crippen LogP contribution >= 0.6 is 0 Å². The first-order valence-electron chi connectivity index (χ1n) is 8.27. The van der Waals surface area contributed by atoms with E-state index in [0.29, 0.717) is 12.0 Å². The fraction of sp³-hybridized carbons (Fsp3) is 0.353. The molecule has 3 rings (SSSR count). The molecule has 1 aromatic heterocycles. The van der Waals surface area contributed by atoms with E-state index in [1.165, 1.54) is 12.1 Å². The molecule has 1 aliphatic rings. The van der Waals surface area contributed by atoms with Crippen LogP contribution in [0.5, 0.6) is 0 Å². The summed E-state index contributed by atoms with van der Waals surface area (Å²) < 4.78 is 38.8. The van der Waals surface area contributed by atoms with E-state index in [1.807, 2.05) is 0 Å². The molecule has 9 nitrogen and oxygen atoms in total. The number of aliphatic carboxylic acids is 1. The number of aromatic carboxylic acids is 1. The maximum absolute atomic E-state index is 12.2. The summed E-state index contributed by atoms with van der Waals surface area (Å²) >= 11 is 0. The molecule has 0 saturated heterocycles.